The fourth-order valence-electron chi connectivity index (χ4n) is 10.2. The maximum atomic E-state index is 5.19. The average molecular weight is 728 g/mol. The zero-order chi connectivity index (χ0) is 36.9. The standard InChI is InChI=1S/C47H26BN9/c1-3-11-28(12-4-1)54-44-31(16-8-20-52-44)37-30-15-7-18-33-41(30)56(46(37)54)35-25-27(43-50-22-10-23-51-43)26-36-39(35)48(33)34-19-24-49-40-38-32-17-9-21-53-45(32)55(29-13-5-2-6-14-29)47(38)57(36)42(34)40/h1-26H. The maximum absolute atomic E-state index is 5.19. The second-order valence-corrected chi connectivity index (χ2v) is 14.9. The largest absolute Gasteiger partial charge is 0.296 e. The summed E-state index contributed by atoms with van der Waals surface area (Å²) in [6.45, 7) is -0.0583. The van der Waals surface area contributed by atoms with Crippen molar-refractivity contribution >= 4 is 89.2 Å². The molecule has 0 bridgehead atoms. The lowest BCUT2D eigenvalue weighted by Gasteiger charge is -2.34. The van der Waals surface area contributed by atoms with E-state index in [-0.39, 0.29) is 6.71 Å². The van der Waals surface area contributed by atoms with E-state index in [4.69, 9.17) is 24.9 Å². The van der Waals surface area contributed by atoms with E-state index in [0.717, 1.165) is 78.1 Å². The van der Waals surface area contributed by atoms with Crippen molar-refractivity contribution in [3.8, 4) is 34.1 Å². The zero-order valence-electron chi connectivity index (χ0n) is 30.1. The van der Waals surface area contributed by atoms with Crippen LogP contribution in [-0.4, -0.2) is 49.9 Å². The quantitative estimate of drug-likeness (QED) is 0.176. The first-order valence-electron chi connectivity index (χ1n) is 19.1. The van der Waals surface area contributed by atoms with E-state index in [1.54, 1.807) is 0 Å². The van der Waals surface area contributed by atoms with Gasteiger partial charge in [0.05, 0.1) is 21.9 Å². The molecule has 9 nitrogen and oxygen atoms in total. The summed E-state index contributed by atoms with van der Waals surface area (Å²) < 4.78 is 9.58. The van der Waals surface area contributed by atoms with Crippen LogP contribution in [-0.2, 0) is 0 Å². The fraction of sp³-hybridized carbons (Fsp3) is 0. The number of hydrogen-bond donors (Lipinski definition) is 0. The van der Waals surface area contributed by atoms with Crippen LogP contribution in [0.25, 0.3) is 100 Å². The molecule has 0 atom stereocenters. The van der Waals surface area contributed by atoms with Gasteiger partial charge in [-0.05, 0) is 89.2 Å². The molecule has 0 spiro atoms. The van der Waals surface area contributed by atoms with Crippen LogP contribution in [0.3, 0.4) is 0 Å². The molecule has 10 heterocycles. The summed E-state index contributed by atoms with van der Waals surface area (Å²) >= 11 is 0. The molecule has 4 aromatic carbocycles. The second-order valence-electron chi connectivity index (χ2n) is 14.9. The highest BCUT2D eigenvalue weighted by molar-refractivity contribution is 7.00. The van der Waals surface area contributed by atoms with E-state index in [9.17, 15) is 0 Å². The lowest BCUT2D eigenvalue weighted by Crippen LogP contribution is -2.59. The lowest BCUT2D eigenvalue weighted by molar-refractivity contribution is 1.03. The molecule has 8 aromatic heterocycles. The molecule has 10 heteroatoms. The number of hydrogen-bond acceptors (Lipinski definition) is 5. The van der Waals surface area contributed by atoms with Crippen molar-refractivity contribution < 1.29 is 0 Å². The van der Waals surface area contributed by atoms with Crippen LogP contribution in [0.5, 0.6) is 0 Å². The van der Waals surface area contributed by atoms with E-state index < -0.39 is 0 Å². The van der Waals surface area contributed by atoms with Gasteiger partial charge in [0, 0.05) is 80.8 Å². The Morgan fingerprint density at radius 1 is 0.421 bits per heavy atom. The van der Waals surface area contributed by atoms with Gasteiger partial charge in [-0.3, -0.25) is 23.3 Å². The van der Waals surface area contributed by atoms with E-state index in [1.807, 2.05) is 49.2 Å². The third kappa shape index (κ3) is 3.54. The number of para-hydroxylation sites is 3. The first-order valence-corrected chi connectivity index (χ1v) is 19.1. The molecule has 2 aliphatic heterocycles. The third-order valence-electron chi connectivity index (χ3n) is 12.2. The Balaban J connectivity index is 1.24. The van der Waals surface area contributed by atoms with Crippen LogP contribution in [0.15, 0.2) is 158 Å². The van der Waals surface area contributed by atoms with Crippen molar-refractivity contribution in [2.45, 2.75) is 0 Å². The Bertz CT molecular complexity index is 3470. The summed E-state index contributed by atoms with van der Waals surface area (Å²) in [5.74, 6) is 0.666. The number of aromatic nitrogens is 9. The number of pyridine rings is 3. The Labute approximate surface area is 323 Å². The van der Waals surface area contributed by atoms with Crippen molar-refractivity contribution in [1.29, 1.82) is 0 Å². The van der Waals surface area contributed by atoms with E-state index in [0.29, 0.717) is 5.82 Å². The molecule has 262 valence electrons. The van der Waals surface area contributed by atoms with Gasteiger partial charge >= 0.3 is 0 Å². The van der Waals surface area contributed by atoms with Gasteiger partial charge in [-0.15, -0.1) is 0 Å². The van der Waals surface area contributed by atoms with Gasteiger partial charge in [0.2, 0.25) is 0 Å². The Morgan fingerprint density at radius 3 is 1.68 bits per heavy atom. The SMILES string of the molecule is c1ccc(-n2c3ncccc3c3c4cccc5c4n(c32)-c2cc(-c3ncccn3)cc3c2B5c2ccnc4c5c6cccnc6n(-c6ccccc6)c5n-3c24)cc1. The Morgan fingerprint density at radius 2 is 1.00 bits per heavy atom. The molecule has 0 N–H and O–H groups in total. The molecule has 14 rings (SSSR count). The molecule has 0 fully saturated rings. The van der Waals surface area contributed by atoms with E-state index in [2.05, 4.69) is 127 Å². The van der Waals surface area contributed by atoms with Gasteiger partial charge < -0.3 is 0 Å². The number of nitrogens with zero attached hydrogens (tertiary/aromatic N) is 9. The van der Waals surface area contributed by atoms with Gasteiger partial charge in [-0.1, -0.05) is 54.6 Å². The highest BCUT2D eigenvalue weighted by Gasteiger charge is 2.43. The predicted molar refractivity (Wildman–Crippen MR) is 228 cm³/mol. The van der Waals surface area contributed by atoms with Crippen molar-refractivity contribution in [3.05, 3.63) is 158 Å². The molecule has 0 radical (unpaired) electrons. The summed E-state index contributed by atoms with van der Waals surface area (Å²) in [6, 6.07) is 45.1. The van der Waals surface area contributed by atoms with Crippen molar-refractivity contribution in [2.24, 2.45) is 0 Å². The average Bonchev–Trinajstić information content (AvgIpc) is 4.00. The minimum atomic E-state index is -0.0583. The molecule has 0 saturated heterocycles. The molecule has 2 aliphatic rings. The van der Waals surface area contributed by atoms with Crippen molar-refractivity contribution in [1.82, 2.24) is 43.2 Å². The maximum Gasteiger partial charge on any atom is 0.252 e. The molecular weight excluding hydrogens is 701 g/mol. The third-order valence-corrected chi connectivity index (χ3v) is 12.2. The van der Waals surface area contributed by atoms with Crippen LogP contribution >= 0.6 is 0 Å². The van der Waals surface area contributed by atoms with Crippen molar-refractivity contribution in [3.63, 3.8) is 0 Å². The van der Waals surface area contributed by atoms with Gasteiger partial charge in [-0.25, -0.2) is 19.9 Å². The van der Waals surface area contributed by atoms with Gasteiger partial charge in [0.25, 0.3) is 6.71 Å². The highest BCUT2D eigenvalue weighted by atomic mass is 15.2. The highest BCUT2D eigenvalue weighted by Crippen LogP contribution is 2.45. The molecule has 12 aromatic rings. The molecule has 57 heavy (non-hydrogen) atoms. The monoisotopic (exact) mass is 727 g/mol. The lowest BCUT2D eigenvalue weighted by atomic mass is 9.34. The van der Waals surface area contributed by atoms with Crippen LogP contribution in [0.4, 0.5) is 0 Å². The number of fused-ring (bicyclic) bond motifs is 14. The first kappa shape index (κ1) is 29.5. The molecule has 0 unspecified atom stereocenters. The topological polar surface area (TPSA) is 84.2 Å². The minimum absolute atomic E-state index is 0.0583. The van der Waals surface area contributed by atoms with Gasteiger partial charge in [0.15, 0.2) is 5.82 Å². The molecule has 0 amide bonds. The smallest absolute Gasteiger partial charge is 0.252 e. The Hall–Kier alpha value is -7.85. The normalized spacial score (nSPS) is 12.9. The fourth-order valence-corrected chi connectivity index (χ4v) is 10.2. The predicted octanol–water partition coefficient (Wildman–Crippen LogP) is 7.55. The molecule has 0 aliphatic carbocycles. The number of rotatable bonds is 3. The van der Waals surface area contributed by atoms with Crippen LogP contribution in [0.2, 0.25) is 0 Å². The van der Waals surface area contributed by atoms with Crippen LogP contribution in [0, 0.1) is 0 Å². The van der Waals surface area contributed by atoms with Crippen molar-refractivity contribution in [2.75, 3.05) is 0 Å². The summed E-state index contributed by atoms with van der Waals surface area (Å²) in [4.78, 5) is 24.9. The van der Waals surface area contributed by atoms with E-state index in [1.165, 1.54) is 32.7 Å². The molecule has 0 saturated carbocycles. The summed E-state index contributed by atoms with van der Waals surface area (Å²) in [6.07, 6.45) is 9.40. The first-order chi connectivity index (χ1) is 28.3. The summed E-state index contributed by atoms with van der Waals surface area (Å²) in [5, 5.41) is 5.66. The Kier molecular flexibility index (Phi) is 5.42. The zero-order valence-corrected chi connectivity index (χ0v) is 30.1. The summed E-state index contributed by atoms with van der Waals surface area (Å²) in [5.41, 5.74) is 16.1. The minimum Gasteiger partial charge on any atom is -0.296 e. The second kappa shape index (κ2) is 10.5. The molecular formula is C47H26BN9. The van der Waals surface area contributed by atoms with Gasteiger partial charge in [-0.2, -0.15) is 0 Å². The van der Waals surface area contributed by atoms with Crippen LogP contribution < -0.4 is 16.4 Å². The van der Waals surface area contributed by atoms with Gasteiger partial charge in [0.1, 0.15) is 22.6 Å². The summed E-state index contributed by atoms with van der Waals surface area (Å²) in [7, 11) is 0. The number of benzene rings is 4. The van der Waals surface area contributed by atoms with Crippen LogP contribution in [0.1, 0.15) is 0 Å². The van der Waals surface area contributed by atoms with E-state index >= 15 is 0 Å².